The van der Waals surface area contributed by atoms with Crippen molar-refractivity contribution in [3.63, 3.8) is 0 Å². The Balaban J connectivity index is 2.00. The highest BCUT2D eigenvalue weighted by Crippen LogP contribution is 2.11. The molecule has 0 radical (unpaired) electrons. The van der Waals surface area contributed by atoms with Crippen LogP contribution in [0.25, 0.3) is 6.08 Å². The molecule has 108 valence electrons. The van der Waals surface area contributed by atoms with Crippen molar-refractivity contribution in [1.29, 1.82) is 0 Å². The van der Waals surface area contributed by atoms with Crippen LogP contribution in [0, 0.1) is 5.82 Å². The third-order valence-electron chi connectivity index (χ3n) is 2.85. The normalized spacial score (nSPS) is 12.3. The SMILES string of the molecule is O=C(/C=C/c1cncc(F)c1)NC(CO)c1ccccc1. The van der Waals surface area contributed by atoms with Gasteiger partial charge in [-0.05, 0) is 23.3 Å². The van der Waals surface area contributed by atoms with Crippen molar-refractivity contribution in [3.8, 4) is 0 Å². The summed E-state index contributed by atoms with van der Waals surface area (Å²) in [4.78, 5) is 15.5. The summed E-state index contributed by atoms with van der Waals surface area (Å²) in [5.41, 5.74) is 1.31. The van der Waals surface area contributed by atoms with E-state index < -0.39 is 11.9 Å². The molecule has 0 aliphatic rings. The Bertz CT molecular complexity index is 629. The molecule has 2 N–H and O–H groups in total. The number of aliphatic hydroxyl groups excluding tert-OH is 1. The van der Waals surface area contributed by atoms with Crippen molar-refractivity contribution in [2.45, 2.75) is 6.04 Å². The summed E-state index contributed by atoms with van der Waals surface area (Å²) < 4.78 is 12.9. The van der Waals surface area contributed by atoms with E-state index in [0.717, 1.165) is 11.8 Å². The van der Waals surface area contributed by atoms with Crippen LogP contribution in [-0.2, 0) is 4.79 Å². The van der Waals surface area contributed by atoms with E-state index in [1.165, 1.54) is 24.4 Å². The van der Waals surface area contributed by atoms with Gasteiger partial charge in [0, 0.05) is 12.3 Å². The number of benzene rings is 1. The van der Waals surface area contributed by atoms with E-state index in [0.29, 0.717) is 5.56 Å². The van der Waals surface area contributed by atoms with E-state index in [1.807, 2.05) is 30.3 Å². The number of aromatic nitrogens is 1. The summed E-state index contributed by atoms with van der Waals surface area (Å²) in [5, 5.41) is 12.0. The van der Waals surface area contributed by atoms with E-state index in [4.69, 9.17) is 0 Å². The van der Waals surface area contributed by atoms with Crippen molar-refractivity contribution in [2.24, 2.45) is 0 Å². The number of pyridine rings is 1. The van der Waals surface area contributed by atoms with Gasteiger partial charge in [-0.1, -0.05) is 30.3 Å². The van der Waals surface area contributed by atoms with Crippen LogP contribution in [0.5, 0.6) is 0 Å². The van der Waals surface area contributed by atoms with E-state index in [2.05, 4.69) is 10.3 Å². The maximum Gasteiger partial charge on any atom is 0.244 e. The molecule has 0 saturated carbocycles. The third-order valence-corrected chi connectivity index (χ3v) is 2.85. The Morgan fingerprint density at radius 3 is 2.76 bits per heavy atom. The van der Waals surface area contributed by atoms with Crippen molar-refractivity contribution < 1.29 is 14.3 Å². The summed E-state index contributed by atoms with van der Waals surface area (Å²) >= 11 is 0. The van der Waals surface area contributed by atoms with E-state index in [9.17, 15) is 14.3 Å². The van der Waals surface area contributed by atoms with Crippen LogP contribution in [0.1, 0.15) is 17.2 Å². The molecule has 0 spiro atoms. The smallest absolute Gasteiger partial charge is 0.244 e. The van der Waals surface area contributed by atoms with Crippen LogP contribution >= 0.6 is 0 Å². The molecule has 21 heavy (non-hydrogen) atoms. The third kappa shape index (κ3) is 4.50. The zero-order valence-corrected chi connectivity index (χ0v) is 11.2. The number of carbonyl (C=O) groups is 1. The minimum Gasteiger partial charge on any atom is -0.394 e. The van der Waals surface area contributed by atoms with Gasteiger partial charge in [0.25, 0.3) is 0 Å². The van der Waals surface area contributed by atoms with E-state index >= 15 is 0 Å². The highest BCUT2D eigenvalue weighted by molar-refractivity contribution is 5.91. The van der Waals surface area contributed by atoms with Gasteiger partial charge in [-0.3, -0.25) is 9.78 Å². The minimum atomic E-state index is -0.478. The van der Waals surface area contributed by atoms with Gasteiger partial charge in [0.2, 0.25) is 5.91 Å². The second-order valence-corrected chi connectivity index (χ2v) is 4.42. The Hall–Kier alpha value is -2.53. The number of carbonyl (C=O) groups excluding carboxylic acids is 1. The number of aliphatic hydroxyl groups is 1. The summed E-state index contributed by atoms with van der Waals surface area (Å²) in [6.45, 7) is -0.203. The van der Waals surface area contributed by atoms with Crippen molar-refractivity contribution in [2.75, 3.05) is 6.61 Å². The van der Waals surface area contributed by atoms with Crippen LogP contribution in [0.2, 0.25) is 0 Å². The molecule has 0 saturated heterocycles. The molecule has 0 aliphatic heterocycles. The fraction of sp³-hybridized carbons (Fsp3) is 0.125. The standard InChI is InChI=1S/C16H15FN2O2/c17-14-8-12(9-18-10-14)6-7-16(21)19-15(11-20)13-4-2-1-3-5-13/h1-10,15,20H,11H2,(H,19,21)/b7-6+. The van der Waals surface area contributed by atoms with Crippen molar-refractivity contribution in [3.05, 3.63) is 71.8 Å². The Kier molecular flexibility index (Phi) is 5.17. The van der Waals surface area contributed by atoms with Crippen LogP contribution < -0.4 is 5.32 Å². The monoisotopic (exact) mass is 286 g/mol. The summed E-state index contributed by atoms with van der Waals surface area (Å²) in [6, 6.07) is 9.96. The van der Waals surface area contributed by atoms with Gasteiger partial charge in [-0.25, -0.2) is 4.39 Å². The highest BCUT2D eigenvalue weighted by atomic mass is 19.1. The maximum atomic E-state index is 12.9. The molecule has 1 heterocycles. The van der Waals surface area contributed by atoms with Gasteiger partial charge < -0.3 is 10.4 Å². The average molecular weight is 286 g/mol. The lowest BCUT2D eigenvalue weighted by molar-refractivity contribution is -0.117. The summed E-state index contributed by atoms with van der Waals surface area (Å²) in [5.74, 6) is -0.836. The number of rotatable bonds is 5. The summed E-state index contributed by atoms with van der Waals surface area (Å²) in [6.07, 6.45) is 5.29. The lowest BCUT2D eigenvalue weighted by Gasteiger charge is -2.15. The van der Waals surface area contributed by atoms with Gasteiger partial charge in [0.15, 0.2) is 0 Å². The fourth-order valence-electron chi connectivity index (χ4n) is 1.83. The first-order chi connectivity index (χ1) is 10.2. The molecule has 2 rings (SSSR count). The number of nitrogens with zero attached hydrogens (tertiary/aromatic N) is 1. The average Bonchev–Trinajstić information content (AvgIpc) is 2.51. The predicted molar refractivity (Wildman–Crippen MR) is 77.6 cm³/mol. The number of hydrogen-bond acceptors (Lipinski definition) is 3. The predicted octanol–water partition coefficient (Wildman–Crippen LogP) is 2.08. The molecule has 1 aromatic heterocycles. The molecular formula is C16H15FN2O2. The van der Waals surface area contributed by atoms with Crippen LogP contribution in [0.4, 0.5) is 4.39 Å². The van der Waals surface area contributed by atoms with Gasteiger partial charge in [-0.15, -0.1) is 0 Å². The second kappa shape index (κ2) is 7.31. The molecule has 0 aliphatic carbocycles. The fourth-order valence-corrected chi connectivity index (χ4v) is 1.83. The van der Waals surface area contributed by atoms with E-state index in [1.54, 1.807) is 0 Å². The Labute approximate surface area is 122 Å². The lowest BCUT2D eigenvalue weighted by Crippen LogP contribution is -2.29. The number of nitrogens with one attached hydrogen (secondary N) is 1. The van der Waals surface area contributed by atoms with Gasteiger partial charge in [0.05, 0.1) is 18.8 Å². The molecule has 1 aromatic carbocycles. The molecule has 1 amide bonds. The Morgan fingerprint density at radius 1 is 1.33 bits per heavy atom. The minimum absolute atomic E-state index is 0.203. The van der Waals surface area contributed by atoms with Crippen molar-refractivity contribution in [1.82, 2.24) is 10.3 Å². The number of amides is 1. The Morgan fingerprint density at radius 2 is 2.10 bits per heavy atom. The second-order valence-electron chi connectivity index (χ2n) is 4.42. The maximum absolute atomic E-state index is 12.9. The first kappa shape index (κ1) is 14.9. The summed E-state index contributed by atoms with van der Waals surface area (Å²) in [7, 11) is 0. The molecule has 1 unspecified atom stereocenters. The van der Waals surface area contributed by atoms with Gasteiger partial charge >= 0.3 is 0 Å². The van der Waals surface area contributed by atoms with Crippen molar-refractivity contribution >= 4 is 12.0 Å². The zero-order chi connectivity index (χ0) is 15.1. The molecule has 4 nitrogen and oxygen atoms in total. The first-order valence-electron chi connectivity index (χ1n) is 6.44. The first-order valence-corrected chi connectivity index (χ1v) is 6.44. The molecule has 5 heteroatoms. The zero-order valence-electron chi connectivity index (χ0n) is 11.2. The number of halogens is 1. The van der Waals surface area contributed by atoms with Gasteiger partial charge in [-0.2, -0.15) is 0 Å². The van der Waals surface area contributed by atoms with Crippen LogP contribution in [0.15, 0.2) is 54.9 Å². The largest absolute Gasteiger partial charge is 0.394 e. The topological polar surface area (TPSA) is 62.2 Å². The molecule has 1 atom stereocenters. The number of hydrogen-bond donors (Lipinski definition) is 2. The highest BCUT2D eigenvalue weighted by Gasteiger charge is 2.11. The van der Waals surface area contributed by atoms with Crippen LogP contribution in [0.3, 0.4) is 0 Å². The molecular weight excluding hydrogens is 271 g/mol. The lowest BCUT2D eigenvalue weighted by atomic mass is 10.1. The molecule has 2 aromatic rings. The van der Waals surface area contributed by atoms with Gasteiger partial charge in [0.1, 0.15) is 5.82 Å². The molecule has 0 bridgehead atoms. The quantitative estimate of drug-likeness (QED) is 0.827. The molecule has 0 fully saturated rings. The van der Waals surface area contributed by atoms with Crippen LogP contribution in [-0.4, -0.2) is 22.6 Å². The van der Waals surface area contributed by atoms with E-state index in [-0.39, 0.29) is 12.5 Å².